The van der Waals surface area contributed by atoms with Gasteiger partial charge in [-0.2, -0.15) is 0 Å². The largest absolute Gasteiger partial charge is 0.388 e. The highest BCUT2D eigenvalue weighted by Crippen LogP contribution is 2.24. The summed E-state index contributed by atoms with van der Waals surface area (Å²) in [6.45, 7) is 3.97. The van der Waals surface area contributed by atoms with Crippen molar-refractivity contribution in [1.29, 1.82) is 0 Å². The summed E-state index contributed by atoms with van der Waals surface area (Å²) in [5.74, 6) is -0.122. The molecule has 0 aliphatic carbocycles. The molecule has 0 radical (unpaired) electrons. The number of amides is 1. The average molecular weight is 543 g/mol. The van der Waals surface area contributed by atoms with Crippen molar-refractivity contribution in [3.05, 3.63) is 138 Å². The first kappa shape index (κ1) is 27.1. The SMILES string of the molecule is CNc1ccc(Nc2ccc(NNc3ccc(NN(C(=O)c4ccccc4C)c4ccc(C)cc4)cc3)cc2)cc1. The van der Waals surface area contributed by atoms with Crippen LogP contribution in [0, 0.1) is 13.8 Å². The van der Waals surface area contributed by atoms with E-state index in [1.54, 1.807) is 5.01 Å². The van der Waals surface area contributed by atoms with Crippen LogP contribution in [0.2, 0.25) is 0 Å². The van der Waals surface area contributed by atoms with Crippen LogP contribution in [0.25, 0.3) is 0 Å². The average Bonchev–Trinajstić information content (AvgIpc) is 3.01. The van der Waals surface area contributed by atoms with Crippen molar-refractivity contribution in [2.75, 3.05) is 39.0 Å². The third-order valence-electron chi connectivity index (χ3n) is 6.69. The lowest BCUT2D eigenvalue weighted by molar-refractivity contribution is 0.0992. The minimum Gasteiger partial charge on any atom is -0.388 e. The molecule has 5 aromatic carbocycles. The molecule has 0 aliphatic heterocycles. The fourth-order valence-corrected chi connectivity index (χ4v) is 4.29. The van der Waals surface area contributed by atoms with Gasteiger partial charge in [0.2, 0.25) is 0 Å². The second kappa shape index (κ2) is 12.6. The topological polar surface area (TPSA) is 80.5 Å². The smallest absolute Gasteiger partial charge is 0.277 e. The van der Waals surface area contributed by atoms with Crippen molar-refractivity contribution in [2.24, 2.45) is 0 Å². The Kier molecular flexibility index (Phi) is 8.35. The third-order valence-corrected chi connectivity index (χ3v) is 6.69. The maximum atomic E-state index is 13.6. The molecule has 5 N–H and O–H groups in total. The lowest BCUT2D eigenvalue weighted by Crippen LogP contribution is -2.36. The first-order valence-corrected chi connectivity index (χ1v) is 13.5. The molecule has 7 nitrogen and oxygen atoms in total. The van der Waals surface area contributed by atoms with Gasteiger partial charge in [-0.25, -0.2) is 5.01 Å². The Morgan fingerprint density at radius 2 is 1.05 bits per heavy atom. The predicted molar refractivity (Wildman–Crippen MR) is 172 cm³/mol. The van der Waals surface area contributed by atoms with Gasteiger partial charge in [0.25, 0.3) is 5.91 Å². The molecule has 206 valence electrons. The molecular weight excluding hydrogens is 508 g/mol. The van der Waals surface area contributed by atoms with E-state index in [0.717, 1.165) is 50.9 Å². The second-order valence-corrected chi connectivity index (χ2v) is 9.76. The van der Waals surface area contributed by atoms with E-state index in [9.17, 15) is 4.79 Å². The molecule has 0 atom stereocenters. The molecular formula is C34H34N6O. The Morgan fingerprint density at radius 1 is 0.561 bits per heavy atom. The molecule has 0 heterocycles. The molecule has 0 aromatic heterocycles. The first-order chi connectivity index (χ1) is 20.0. The summed E-state index contributed by atoms with van der Waals surface area (Å²) >= 11 is 0. The number of aryl methyl sites for hydroxylation is 2. The van der Waals surface area contributed by atoms with Crippen LogP contribution in [0.1, 0.15) is 21.5 Å². The van der Waals surface area contributed by atoms with Crippen LogP contribution in [0.4, 0.5) is 39.8 Å². The number of hydrogen-bond donors (Lipinski definition) is 5. The van der Waals surface area contributed by atoms with E-state index >= 15 is 0 Å². The molecule has 0 spiro atoms. The number of anilines is 7. The van der Waals surface area contributed by atoms with Crippen LogP contribution in [0.15, 0.2) is 121 Å². The second-order valence-electron chi connectivity index (χ2n) is 9.76. The molecule has 0 unspecified atom stereocenters. The molecule has 5 aromatic rings. The van der Waals surface area contributed by atoms with E-state index in [2.05, 4.69) is 26.9 Å². The standard InChI is InChI=1S/C34H34N6O/c1-24-8-22-32(23-9-24)40(34(41)33-7-5-4-6-25(33)2)39-31-20-18-30(19-21-31)38-37-29-16-14-28(15-17-29)36-27-12-10-26(35-3)11-13-27/h4-23,35-39H,1-3H3. The Bertz CT molecular complexity index is 1580. The molecule has 0 bridgehead atoms. The molecule has 7 heteroatoms. The van der Waals surface area contributed by atoms with Crippen LogP contribution in [-0.4, -0.2) is 13.0 Å². The van der Waals surface area contributed by atoms with Crippen molar-refractivity contribution in [3.8, 4) is 0 Å². The Balaban J connectivity index is 1.22. The normalized spacial score (nSPS) is 10.4. The van der Waals surface area contributed by atoms with E-state index in [1.807, 2.05) is 142 Å². The van der Waals surface area contributed by atoms with Gasteiger partial charge < -0.3 is 21.5 Å². The Labute approximate surface area is 241 Å². The number of carbonyl (C=O) groups is 1. The minimum absolute atomic E-state index is 0.122. The van der Waals surface area contributed by atoms with E-state index in [0.29, 0.717) is 5.56 Å². The van der Waals surface area contributed by atoms with Gasteiger partial charge in [0.05, 0.1) is 22.7 Å². The molecule has 0 aliphatic rings. The number of rotatable bonds is 10. The highest BCUT2D eigenvalue weighted by Gasteiger charge is 2.19. The van der Waals surface area contributed by atoms with Gasteiger partial charge in [0, 0.05) is 29.7 Å². The maximum Gasteiger partial charge on any atom is 0.277 e. The van der Waals surface area contributed by atoms with Crippen molar-refractivity contribution >= 4 is 45.7 Å². The summed E-state index contributed by atoms with van der Waals surface area (Å²) in [5, 5.41) is 8.12. The van der Waals surface area contributed by atoms with Crippen molar-refractivity contribution < 1.29 is 4.79 Å². The minimum atomic E-state index is -0.122. The molecule has 1 amide bonds. The lowest BCUT2D eigenvalue weighted by atomic mass is 10.1. The summed E-state index contributed by atoms with van der Waals surface area (Å²) in [6.07, 6.45) is 0. The number of hydrazine groups is 2. The Hall–Kier alpha value is -5.43. The predicted octanol–water partition coefficient (Wildman–Crippen LogP) is 8.20. The van der Waals surface area contributed by atoms with Gasteiger partial charge in [-0.1, -0.05) is 35.9 Å². The van der Waals surface area contributed by atoms with Crippen molar-refractivity contribution in [1.82, 2.24) is 0 Å². The molecule has 41 heavy (non-hydrogen) atoms. The molecule has 0 fully saturated rings. The van der Waals surface area contributed by atoms with Crippen molar-refractivity contribution in [2.45, 2.75) is 13.8 Å². The molecule has 5 rings (SSSR count). The van der Waals surface area contributed by atoms with Gasteiger partial charge in [-0.15, -0.1) is 0 Å². The zero-order valence-corrected chi connectivity index (χ0v) is 23.4. The van der Waals surface area contributed by atoms with E-state index in [4.69, 9.17) is 0 Å². The highest BCUT2D eigenvalue weighted by molar-refractivity contribution is 6.08. The highest BCUT2D eigenvalue weighted by atomic mass is 16.2. The fourth-order valence-electron chi connectivity index (χ4n) is 4.29. The summed E-state index contributed by atoms with van der Waals surface area (Å²) in [6, 6.07) is 39.5. The number of nitrogens with one attached hydrogen (secondary N) is 5. The molecule has 0 saturated heterocycles. The van der Waals surface area contributed by atoms with Gasteiger partial charge in [0.1, 0.15) is 0 Å². The van der Waals surface area contributed by atoms with Crippen LogP contribution in [0.3, 0.4) is 0 Å². The summed E-state index contributed by atoms with van der Waals surface area (Å²) in [4.78, 5) is 13.6. The lowest BCUT2D eigenvalue weighted by Gasteiger charge is -2.25. The number of benzene rings is 5. The fraction of sp³-hybridized carbons (Fsp3) is 0.0882. The van der Waals surface area contributed by atoms with Gasteiger partial charge in [-0.05, 0) is 110 Å². The monoisotopic (exact) mass is 542 g/mol. The third kappa shape index (κ3) is 6.96. The van der Waals surface area contributed by atoms with Crippen LogP contribution >= 0.6 is 0 Å². The van der Waals surface area contributed by atoms with Crippen LogP contribution < -0.4 is 31.9 Å². The summed E-state index contributed by atoms with van der Waals surface area (Å²) in [5.41, 5.74) is 18.9. The van der Waals surface area contributed by atoms with Gasteiger partial charge in [0.15, 0.2) is 0 Å². The summed E-state index contributed by atoms with van der Waals surface area (Å²) < 4.78 is 0. The summed E-state index contributed by atoms with van der Waals surface area (Å²) in [7, 11) is 1.91. The number of hydrogen-bond acceptors (Lipinski definition) is 6. The van der Waals surface area contributed by atoms with E-state index in [1.165, 1.54) is 0 Å². The Morgan fingerprint density at radius 3 is 1.59 bits per heavy atom. The van der Waals surface area contributed by atoms with Crippen molar-refractivity contribution in [3.63, 3.8) is 0 Å². The first-order valence-electron chi connectivity index (χ1n) is 13.5. The number of carbonyl (C=O) groups excluding carboxylic acids is 1. The molecule has 0 saturated carbocycles. The number of nitrogens with zero attached hydrogens (tertiary/aromatic N) is 1. The zero-order valence-electron chi connectivity index (χ0n) is 23.4. The van der Waals surface area contributed by atoms with E-state index < -0.39 is 0 Å². The quantitative estimate of drug-likeness (QED) is 0.114. The van der Waals surface area contributed by atoms with E-state index in [-0.39, 0.29) is 5.91 Å². The zero-order chi connectivity index (χ0) is 28.6. The van der Waals surface area contributed by atoms with Crippen LogP contribution in [-0.2, 0) is 0 Å². The van der Waals surface area contributed by atoms with Gasteiger partial charge in [-0.3, -0.25) is 10.2 Å². The van der Waals surface area contributed by atoms with Crippen LogP contribution in [0.5, 0.6) is 0 Å². The van der Waals surface area contributed by atoms with Gasteiger partial charge >= 0.3 is 0 Å². The maximum absolute atomic E-state index is 13.6.